The third-order valence-electron chi connectivity index (χ3n) is 5.44. The van der Waals surface area contributed by atoms with Gasteiger partial charge in [0.05, 0.1) is 45.4 Å². The molecule has 0 aliphatic rings. The Kier molecular flexibility index (Phi) is 20.8. The summed E-state index contributed by atoms with van der Waals surface area (Å²) in [5, 5.41) is 0. The van der Waals surface area contributed by atoms with Gasteiger partial charge in [0.15, 0.2) is 5.66 Å². The normalized spacial score (nSPS) is 13.1. The highest BCUT2D eigenvalue weighted by atomic mass is 31.2. The molecule has 0 aromatic rings. The van der Waals surface area contributed by atoms with E-state index < -0.39 is 43.5 Å². The molecule has 0 fully saturated rings. The van der Waals surface area contributed by atoms with Gasteiger partial charge in [-0.1, -0.05) is 66.7 Å². The average molecular weight is 537 g/mol. The van der Waals surface area contributed by atoms with Crippen LogP contribution in [0.4, 0.5) is 0 Å². The number of unbranched alkanes of at least 4 members (excludes halogenated alkanes) is 5. The van der Waals surface area contributed by atoms with Gasteiger partial charge in [-0.3, -0.25) is 18.9 Å². The number of ether oxygens (including phenoxy) is 3. The molecule has 0 rings (SSSR count). The molecule has 212 valence electrons. The molecule has 10 heteroatoms. The van der Waals surface area contributed by atoms with E-state index in [2.05, 4.69) is 0 Å². The van der Waals surface area contributed by atoms with E-state index in [9.17, 15) is 18.9 Å². The van der Waals surface area contributed by atoms with Gasteiger partial charge in [-0.25, -0.2) is 0 Å². The maximum atomic E-state index is 14.1. The predicted molar refractivity (Wildman–Crippen MR) is 139 cm³/mol. The van der Waals surface area contributed by atoms with Crippen LogP contribution in [0, 0.1) is 5.92 Å². The minimum Gasteiger partial charge on any atom is -0.466 e. The number of rotatable bonds is 23. The van der Waals surface area contributed by atoms with E-state index >= 15 is 0 Å². The number of carbonyl (C=O) groups is 3. The van der Waals surface area contributed by atoms with Crippen LogP contribution >= 0.6 is 7.60 Å². The highest BCUT2D eigenvalue weighted by Gasteiger charge is 2.52. The zero-order valence-corrected chi connectivity index (χ0v) is 24.0. The molecule has 0 N–H and O–H groups in total. The molecule has 9 nitrogen and oxygen atoms in total. The van der Waals surface area contributed by atoms with Gasteiger partial charge in [-0.05, 0) is 32.1 Å². The first kappa shape index (κ1) is 34.6. The fourth-order valence-corrected chi connectivity index (χ4v) is 5.27. The molecule has 0 amide bonds. The van der Waals surface area contributed by atoms with Gasteiger partial charge in [0.1, 0.15) is 0 Å². The Balaban J connectivity index is 6.25. The zero-order chi connectivity index (χ0) is 27.2. The molecular formula is C26H49O9P. The Morgan fingerprint density at radius 2 is 0.972 bits per heavy atom. The summed E-state index contributed by atoms with van der Waals surface area (Å²) >= 11 is 0. The van der Waals surface area contributed by atoms with Gasteiger partial charge in [0, 0.05) is 0 Å². The van der Waals surface area contributed by atoms with Crippen molar-refractivity contribution in [2.75, 3.05) is 33.0 Å². The molecule has 0 spiro atoms. The largest absolute Gasteiger partial charge is 0.466 e. The monoisotopic (exact) mass is 536 g/mol. The summed E-state index contributed by atoms with van der Waals surface area (Å²) in [5.41, 5.74) is -1.63. The number of esters is 3. The standard InChI is InChI=1S/C26H49O9P/c1-6-11-16-31-23(27)21-22(25(28)32-17-12-7-2)24(26(29)33-18-13-8-3)36(30,34-19-14-9-4)35-20-15-10-5/h22,24H,6-21H2,1-5H3/t22-,24-/m0/s1. The van der Waals surface area contributed by atoms with Crippen LogP contribution in [0.2, 0.25) is 0 Å². The van der Waals surface area contributed by atoms with E-state index in [4.69, 9.17) is 23.3 Å². The number of hydrogen-bond donors (Lipinski definition) is 0. The van der Waals surface area contributed by atoms with Crippen LogP contribution in [0.5, 0.6) is 0 Å². The zero-order valence-electron chi connectivity index (χ0n) is 23.1. The van der Waals surface area contributed by atoms with Gasteiger partial charge in [0.25, 0.3) is 0 Å². The lowest BCUT2D eigenvalue weighted by atomic mass is 10.0. The highest BCUT2D eigenvalue weighted by Crippen LogP contribution is 2.57. The summed E-state index contributed by atoms with van der Waals surface area (Å²) in [4.78, 5) is 39.2. The Morgan fingerprint density at radius 1 is 0.583 bits per heavy atom. The van der Waals surface area contributed by atoms with Gasteiger partial charge in [0.2, 0.25) is 0 Å². The second-order valence-corrected chi connectivity index (χ2v) is 10.9. The third kappa shape index (κ3) is 14.3. The van der Waals surface area contributed by atoms with Crippen LogP contribution in [-0.2, 0) is 42.2 Å². The van der Waals surface area contributed by atoms with Crippen LogP contribution in [0.1, 0.15) is 105 Å². The van der Waals surface area contributed by atoms with Gasteiger partial charge >= 0.3 is 25.5 Å². The molecule has 0 saturated heterocycles. The van der Waals surface area contributed by atoms with E-state index in [0.29, 0.717) is 32.1 Å². The van der Waals surface area contributed by atoms with Crippen LogP contribution in [0.3, 0.4) is 0 Å². The smallest absolute Gasteiger partial charge is 0.345 e. The molecule has 0 saturated carbocycles. The van der Waals surface area contributed by atoms with Crippen molar-refractivity contribution >= 4 is 25.5 Å². The van der Waals surface area contributed by atoms with Crippen LogP contribution in [0.25, 0.3) is 0 Å². The van der Waals surface area contributed by atoms with E-state index in [0.717, 1.165) is 32.1 Å². The van der Waals surface area contributed by atoms with Gasteiger partial charge in [-0.2, -0.15) is 0 Å². The van der Waals surface area contributed by atoms with Gasteiger partial charge < -0.3 is 23.3 Å². The fourth-order valence-electron chi connectivity index (χ4n) is 3.10. The highest BCUT2D eigenvalue weighted by molar-refractivity contribution is 7.55. The summed E-state index contributed by atoms with van der Waals surface area (Å²) in [7, 11) is -4.21. The van der Waals surface area contributed by atoms with Crippen LogP contribution in [0.15, 0.2) is 0 Å². The van der Waals surface area contributed by atoms with Crippen molar-refractivity contribution < 1.29 is 42.2 Å². The summed E-state index contributed by atoms with van der Waals surface area (Å²) in [6, 6.07) is 0. The Labute approximate surface area is 217 Å². The molecule has 36 heavy (non-hydrogen) atoms. The molecule has 2 atom stereocenters. The van der Waals surface area contributed by atoms with Crippen molar-refractivity contribution in [1.82, 2.24) is 0 Å². The first-order valence-electron chi connectivity index (χ1n) is 13.7. The summed E-state index contributed by atoms with van der Waals surface area (Å²) < 4.78 is 41.6. The van der Waals surface area contributed by atoms with Crippen molar-refractivity contribution in [3.63, 3.8) is 0 Å². The van der Waals surface area contributed by atoms with Crippen LogP contribution < -0.4 is 0 Å². The van der Waals surface area contributed by atoms with Crippen molar-refractivity contribution in [3.05, 3.63) is 0 Å². The van der Waals surface area contributed by atoms with Crippen molar-refractivity contribution in [2.45, 2.75) is 111 Å². The molecule has 0 heterocycles. The maximum absolute atomic E-state index is 14.1. The summed E-state index contributed by atoms with van der Waals surface area (Å²) in [5.74, 6) is -3.80. The number of hydrogen-bond acceptors (Lipinski definition) is 9. The second kappa shape index (κ2) is 21.6. The van der Waals surface area contributed by atoms with E-state index in [1.807, 2.05) is 34.6 Å². The Morgan fingerprint density at radius 3 is 1.42 bits per heavy atom. The molecule has 0 aromatic heterocycles. The maximum Gasteiger partial charge on any atom is 0.345 e. The summed E-state index contributed by atoms with van der Waals surface area (Å²) in [6.07, 6.45) is 6.50. The predicted octanol–water partition coefficient (Wildman–Crippen LogP) is 6.22. The van der Waals surface area contributed by atoms with Crippen molar-refractivity contribution in [1.29, 1.82) is 0 Å². The second-order valence-electron chi connectivity index (χ2n) is 8.78. The lowest BCUT2D eigenvalue weighted by molar-refractivity contribution is -0.159. The Hall–Kier alpha value is -1.44. The molecule has 0 aliphatic heterocycles. The molecule has 0 aromatic carbocycles. The first-order chi connectivity index (χ1) is 17.3. The fraction of sp³-hybridized carbons (Fsp3) is 0.885. The van der Waals surface area contributed by atoms with Gasteiger partial charge in [-0.15, -0.1) is 0 Å². The minimum absolute atomic E-state index is 0.0805. The van der Waals surface area contributed by atoms with Crippen molar-refractivity contribution in [2.24, 2.45) is 5.92 Å². The topological polar surface area (TPSA) is 114 Å². The first-order valence-corrected chi connectivity index (χ1v) is 15.3. The van der Waals surface area contributed by atoms with E-state index in [1.165, 1.54) is 0 Å². The quantitative estimate of drug-likeness (QED) is 0.0650. The average Bonchev–Trinajstić information content (AvgIpc) is 2.84. The minimum atomic E-state index is -4.21. The molecular weight excluding hydrogens is 487 g/mol. The lowest BCUT2D eigenvalue weighted by Gasteiger charge is -2.30. The lowest BCUT2D eigenvalue weighted by Crippen LogP contribution is -2.40. The molecule has 0 aliphatic carbocycles. The van der Waals surface area contributed by atoms with E-state index in [1.54, 1.807) is 0 Å². The molecule has 0 bridgehead atoms. The van der Waals surface area contributed by atoms with E-state index in [-0.39, 0.29) is 33.0 Å². The molecule has 0 unspecified atom stereocenters. The third-order valence-corrected chi connectivity index (χ3v) is 7.77. The number of carbonyl (C=O) groups excluding carboxylic acids is 3. The van der Waals surface area contributed by atoms with Crippen LogP contribution in [-0.4, -0.2) is 56.6 Å². The Bertz CT molecular complexity index is 639. The van der Waals surface area contributed by atoms with Crippen molar-refractivity contribution in [3.8, 4) is 0 Å². The SMILES string of the molecule is CCCCOC(=O)C[C@H](C(=O)OCCCC)[C@@H](C(=O)OCCCC)P(=O)(OCCCC)OCCCC. The summed E-state index contributed by atoms with van der Waals surface area (Å²) in [6.45, 7) is 10.3. The molecule has 0 radical (unpaired) electrons.